The zero-order valence-electron chi connectivity index (χ0n) is 21.2. The van der Waals surface area contributed by atoms with Crippen molar-refractivity contribution < 1.29 is 5.21 Å². The monoisotopic (exact) mass is 425 g/mol. The van der Waals surface area contributed by atoms with Crippen molar-refractivity contribution in [2.45, 2.75) is 180 Å². The van der Waals surface area contributed by atoms with Crippen LogP contribution in [-0.4, -0.2) is 11.2 Å². The summed E-state index contributed by atoms with van der Waals surface area (Å²) in [4.78, 5) is 0. The molecule has 2 nitrogen and oxygen atoms in total. The maximum absolute atomic E-state index is 9.39. The van der Waals surface area contributed by atoms with E-state index < -0.39 is 0 Å². The predicted molar refractivity (Wildman–Crippen MR) is 135 cm³/mol. The van der Waals surface area contributed by atoms with E-state index in [1.807, 2.05) is 0 Å². The molecule has 0 rings (SSSR count). The SMILES string of the molecule is CCCCCCCCCCCCCCCCCC(CCCCCCCCCC)NO. The van der Waals surface area contributed by atoms with E-state index >= 15 is 0 Å². The van der Waals surface area contributed by atoms with Crippen LogP contribution in [0.15, 0.2) is 0 Å². The highest BCUT2D eigenvalue weighted by molar-refractivity contribution is 4.63. The number of hydroxylamine groups is 1. The Balaban J connectivity index is 3.24. The largest absolute Gasteiger partial charge is 0.317 e. The van der Waals surface area contributed by atoms with Gasteiger partial charge < -0.3 is 5.21 Å². The molecule has 0 heterocycles. The molecule has 0 aromatic heterocycles. The molecule has 0 fully saturated rings. The minimum atomic E-state index is 0.326. The molecule has 0 saturated carbocycles. The van der Waals surface area contributed by atoms with Crippen LogP contribution in [0.25, 0.3) is 0 Å². The van der Waals surface area contributed by atoms with Crippen molar-refractivity contribution in [1.29, 1.82) is 0 Å². The Hall–Kier alpha value is -0.0800. The third-order valence-corrected chi connectivity index (χ3v) is 6.74. The van der Waals surface area contributed by atoms with Gasteiger partial charge in [0.25, 0.3) is 0 Å². The van der Waals surface area contributed by atoms with Crippen LogP contribution in [0.4, 0.5) is 0 Å². The van der Waals surface area contributed by atoms with Gasteiger partial charge in [-0.1, -0.05) is 162 Å². The fourth-order valence-electron chi connectivity index (χ4n) is 4.56. The summed E-state index contributed by atoms with van der Waals surface area (Å²) in [6, 6.07) is 0.326. The second-order valence-corrected chi connectivity index (χ2v) is 9.83. The molecule has 0 aliphatic rings. The molecule has 182 valence electrons. The Labute approximate surface area is 191 Å². The Morgan fingerprint density at radius 2 is 0.633 bits per heavy atom. The number of hydrogen-bond donors (Lipinski definition) is 2. The average molecular weight is 426 g/mol. The molecular formula is C28H59NO. The summed E-state index contributed by atoms with van der Waals surface area (Å²) in [5, 5.41) is 9.39. The molecule has 0 amide bonds. The molecule has 2 N–H and O–H groups in total. The number of rotatable bonds is 26. The fraction of sp³-hybridized carbons (Fsp3) is 1.00. The lowest BCUT2D eigenvalue weighted by atomic mass is 10.00. The van der Waals surface area contributed by atoms with Gasteiger partial charge in [-0.2, -0.15) is 0 Å². The van der Waals surface area contributed by atoms with E-state index in [0.29, 0.717) is 6.04 Å². The van der Waals surface area contributed by atoms with Gasteiger partial charge in [-0.05, 0) is 12.8 Å². The van der Waals surface area contributed by atoms with Crippen LogP contribution in [0.3, 0.4) is 0 Å². The summed E-state index contributed by atoms with van der Waals surface area (Å²) < 4.78 is 0. The predicted octanol–water partition coefficient (Wildman–Crippen LogP) is 10.1. The summed E-state index contributed by atoms with van der Waals surface area (Å²) in [5.74, 6) is 0. The first kappa shape index (κ1) is 29.9. The minimum absolute atomic E-state index is 0.326. The summed E-state index contributed by atoms with van der Waals surface area (Å²) >= 11 is 0. The van der Waals surface area contributed by atoms with E-state index in [9.17, 15) is 5.21 Å². The molecule has 0 aliphatic carbocycles. The molecule has 0 aromatic carbocycles. The Morgan fingerprint density at radius 3 is 0.867 bits per heavy atom. The number of nitrogens with one attached hydrogen (secondary N) is 1. The molecule has 1 atom stereocenters. The molecule has 30 heavy (non-hydrogen) atoms. The van der Waals surface area contributed by atoms with E-state index in [0.717, 1.165) is 12.8 Å². The minimum Gasteiger partial charge on any atom is -0.317 e. The van der Waals surface area contributed by atoms with Crippen molar-refractivity contribution in [2.75, 3.05) is 0 Å². The molecule has 0 spiro atoms. The van der Waals surface area contributed by atoms with Crippen molar-refractivity contribution in [3.63, 3.8) is 0 Å². The standard InChI is InChI=1S/C28H59NO/c1-3-5-7-9-11-13-14-15-16-17-18-19-21-23-25-27-28(29-30)26-24-22-20-12-10-8-6-4-2/h28-30H,3-27H2,1-2H3. The summed E-state index contributed by atoms with van der Waals surface area (Å²) in [5.41, 5.74) is 2.57. The Kier molecular flexibility index (Phi) is 26.9. The normalized spacial score (nSPS) is 12.5. The van der Waals surface area contributed by atoms with Gasteiger partial charge in [0.2, 0.25) is 0 Å². The highest BCUT2D eigenvalue weighted by Gasteiger charge is 2.06. The van der Waals surface area contributed by atoms with Gasteiger partial charge in [-0.15, -0.1) is 0 Å². The van der Waals surface area contributed by atoms with Crippen LogP contribution >= 0.6 is 0 Å². The summed E-state index contributed by atoms with van der Waals surface area (Å²) in [7, 11) is 0. The maximum atomic E-state index is 9.39. The molecular weight excluding hydrogens is 366 g/mol. The lowest BCUT2D eigenvalue weighted by molar-refractivity contribution is 0.114. The molecule has 2 heteroatoms. The van der Waals surface area contributed by atoms with Crippen LogP contribution in [0.5, 0.6) is 0 Å². The Morgan fingerprint density at radius 1 is 0.400 bits per heavy atom. The van der Waals surface area contributed by atoms with E-state index in [1.54, 1.807) is 0 Å². The van der Waals surface area contributed by atoms with Crippen molar-refractivity contribution in [3.05, 3.63) is 0 Å². The van der Waals surface area contributed by atoms with Crippen molar-refractivity contribution in [2.24, 2.45) is 0 Å². The molecule has 0 aliphatic heterocycles. The van der Waals surface area contributed by atoms with Crippen LogP contribution in [-0.2, 0) is 0 Å². The first-order valence-electron chi connectivity index (χ1n) is 14.2. The van der Waals surface area contributed by atoms with Crippen LogP contribution in [0, 0.1) is 0 Å². The van der Waals surface area contributed by atoms with Gasteiger partial charge in [-0.25, -0.2) is 5.48 Å². The highest BCUT2D eigenvalue weighted by atomic mass is 16.5. The van der Waals surface area contributed by atoms with Gasteiger partial charge in [0, 0.05) is 6.04 Å². The number of hydrogen-bond acceptors (Lipinski definition) is 2. The van der Waals surface area contributed by atoms with Crippen LogP contribution < -0.4 is 5.48 Å². The lowest BCUT2D eigenvalue weighted by Crippen LogP contribution is -2.25. The fourth-order valence-corrected chi connectivity index (χ4v) is 4.56. The highest BCUT2D eigenvalue weighted by Crippen LogP contribution is 2.16. The topological polar surface area (TPSA) is 32.3 Å². The zero-order chi connectivity index (χ0) is 22.0. The van der Waals surface area contributed by atoms with E-state index in [4.69, 9.17) is 0 Å². The summed E-state index contributed by atoms with van der Waals surface area (Å²) in [6.45, 7) is 4.57. The van der Waals surface area contributed by atoms with Crippen molar-refractivity contribution >= 4 is 0 Å². The van der Waals surface area contributed by atoms with E-state index in [1.165, 1.54) is 148 Å². The molecule has 0 radical (unpaired) electrons. The number of unbranched alkanes of at least 4 members (excludes halogenated alkanes) is 21. The maximum Gasteiger partial charge on any atom is 0.0319 e. The van der Waals surface area contributed by atoms with Crippen LogP contribution in [0.2, 0.25) is 0 Å². The second-order valence-electron chi connectivity index (χ2n) is 9.83. The summed E-state index contributed by atoms with van der Waals surface area (Å²) in [6.07, 6.45) is 34.5. The lowest BCUT2D eigenvalue weighted by Gasteiger charge is -2.14. The van der Waals surface area contributed by atoms with E-state index in [-0.39, 0.29) is 0 Å². The molecule has 0 aromatic rings. The Bertz CT molecular complexity index is 294. The average Bonchev–Trinajstić information content (AvgIpc) is 2.76. The second kappa shape index (κ2) is 27.0. The quantitative estimate of drug-likeness (QED) is 0.107. The third kappa shape index (κ3) is 24.2. The van der Waals surface area contributed by atoms with Crippen molar-refractivity contribution in [3.8, 4) is 0 Å². The van der Waals surface area contributed by atoms with Crippen LogP contribution in [0.1, 0.15) is 174 Å². The van der Waals surface area contributed by atoms with Gasteiger partial charge in [0.15, 0.2) is 0 Å². The van der Waals surface area contributed by atoms with Gasteiger partial charge in [0.05, 0.1) is 0 Å². The smallest absolute Gasteiger partial charge is 0.0319 e. The molecule has 0 bridgehead atoms. The zero-order valence-corrected chi connectivity index (χ0v) is 21.2. The van der Waals surface area contributed by atoms with Gasteiger partial charge >= 0.3 is 0 Å². The van der Waals surface area contributed by atoms with E-state index in [2.05, 4.69) is 19.3 Å². The first-order valence-corrected chi connectivity index (χ1v) is 14.2. The third-order valence-electron chi connectivity index (χ3n) is 6.74. The molecule has 0 saturated heterocycles. The van der Waals surface area contributed by atoms with Gasteiger partial charge in [0.1, 0.15) is 0 Å². The van der Waals surface area contributed by atoms with Crippen molar-refractivity contribution in [1.82, 2.24) is 5.48 Å². The van der Waals surface area contributed by atoms with Gasteiger partial charge in [-0.3, -0.25) is 0 Å². The first-order chi connectivity index (χ1) is 14.8. The molecule has 1 unspecified atom stereocenters.